The third-order valence-corrected chi connectivity index (χ3v) is 3.49. The average Bonchev–Trinajstić information content (AvgIpc) is 3.24. The molecule has 0 amide bonds. The van der Waals surface area contributed by atoms with Crippen LogP contribution in [0.1, 0.15) is 11.5 Å². The van der Waals surface area contributed by atoms with E-state index >= 15 is 0 Å². The zero-order valence-corrected chi connectivity index (χ0v) is 13.2. The lowest BCUT2D eigenvalue weighted by Crippen LogP contribution is -2.17. The third-order valence-electron chi connectivity index (χ3n) is 3.49. The number of hydrogen-bond acceptors (Lipinski definition) is 8. The summed E-state index contributed by atoms with van der Waals surface area (Å²) in [4.78, 5) is 24.4. The van der Waals surface area contributed by atoms with Gasteiger partial charge in [-0.3, -0.25) is 4.52 Å². The normalized spacial score (nSPS) is 10.9. The van der Waals surface area contributed by atoms with E-state index in [-0.39, 0.29) is 24.1 Å². The van der Waals surface area contributed by atoms with Crippen molar-refractivity contribution in [2.75, 3.05) is 0 Å². The van der Waals surface area contributed by atoms with Gasteiger partial charge in [0.1, 0.15) is 6.54 Å². The number of aryl methyl sites for hydroxylation is 1. The Balaban J connectivity index is 1.66. The van der Waals surface area contributed by atoms with E-state index in [2.05, 4.69) is 25.3 Å². The van der Waals surface area contributed by atoms with Gasteiger partial charge in [-0.25, -0.2) is 19.3 Å². The first-order chi connectivity index (χ1) is 12.2. The highest BCUT2D eigenvalue weighted by molar-refractivity contribution is 5.55. The highest BCUT2D eigenvalue weighted by Crippen LogP contribution is 2.18. The van der Waals surface area contributed by atoms with Crippen molar-refractivity contribution in [3.05, 3.63) is 64.7 Å². The van der Waals surface area contributed by atoms with Crippen LogP contribution in [0.15, 0.2) is 56.6 Å². The van der Waals surface area contributed by atoms with Crippen molar-refractivity contribution >= 4 is 0 Å². The Kier molecular flexibility index (Phi) is 3.65. The number of aromatic nitrogens is 6. The molecule has 4 rings (SSSR count). The van der Waals surface area contributed by atoms with E-state index in [9.17, 15) is 4.79 Å². The molecule has 0 bridgehead atoms. The number of nitrogens with zero attached hydrogens (tertiary/aromatic N) is 6. The van der Waals surface area contributed by atoms with Crippen LogP contribution in [0.4, 0.5) is 0 Å². The maximum atomic E-state index is 11.9. The van der Waals surface area contributed by atoms with E-state index in [0.29, 0.717) is 5.82 Å². The van der Waals surface area contributed by atoms with Gasteiger partial charge in [-0.2, -0.15) is 4.98 Å². The Labute approximate surface area is 141 Å². The lowest BCUT2D eigenvalue weighted by atomic mass is 10.1. The van der Waals surface area contributed by atoms with Crippen LogP contribution in [-0.4, -0.2) is 29.8 Å². The Morgan fingerprint density at radius 1 is 1.04 bits per heavy atom. The third kappa shape index (κ3) is 2.94. The zero-order chi connectivity index (χ0) is 17.2. The highest BCUT2D eigenvalue weighted by atomic mass is 16.5. The Hall–Kier alpha value is -3.62. The molecule has 0 saturated carbocycles. The van der Waals surface area contributed by atoms with E-state index in [4.69, 9.17) is 9.05 Å². The molecule has 4 aromatic rings. The Morgan fingerprint density at radius 3 is 2.68 bits per heavy atom. The van der Waals surface area contributed by atoms with Gasteiger partial charge >= 0.3 is 5.76 Å². The quantitative estimate of drug-likeness (QED) is 0.553. The van der Waals surface area contributed by atoms with Crippen LogP contribution in [0.5, 0.6) is 0 Å². The van der Waals surface area contributed by atoms with Crippen LogP contribution in [0.25, 0.3) is 23.0 Å². The van der Waals surface area contributed by atoms with Crippen LogP contribution in [0.3, 0.4) is 0 Å². The minimum atomic E-state index is -0.655. The maximum absolute atomic E-state index is 11.9. The summed E-state index contributed by atoms with van der Waals surface area (Å²) in [5.41, 5.74) is 1.92. The molecule has 0 fully saturated rings. The summed E-state index contributed by atoms with van der Waals surface area (Å²) < 4.78 is 11.2. The van der Waals surface area contributed by atoms with Crippen LogP contribution < -0.4 is 5.76 Å². The molecule has 124 valence electrons. The van der Waals surface area contributed by atoms with Crippen LogP contribution >= 0.6 is 0 Å². The minimum absolute atomic E-state index is 0.00867. The molecular weight excluding hydrogens is 324 g/mol. The van der Waals surface area contributed by atoms with Crippen LogP contribution in [0, 0.1) is 6.92 Å². The molecule has 3 aromatic heterocycles. The Bertz CT molecular complexity index is 1070. The van der Waals surface area contributed by atoms with Crippen molar-refractivity contribution in [1.82, 2.24) is 29.8 Å². The first-order valence-corrected chi connectivity index (χ1v) is 7.44. The molecule has 0 saturated heterocycles. The fourth-order valence-corrected chi connectivity index (χ4v) is 2.34. The monoisotopic (exact) mass is 336 g/mol. The SMILES string of the molecule is Cc1cccc(-c2noc(Cn3c(-c4ncccn4)noc3=O)n2)c1. The van der Waals surface area contributed by atoms with E-state index in [0.717, 1.165) is 11.1 Å². The molecule has 1 aromatic carbocycles. The molecule has 0 aliphatic rings. The molecule has 0 atom stereocenters. The van der Waals surface area contributed by atoms with Gasteiger partial charge in [-0.1, -0.05) is 34.1 Å². The molecule has 0 unspecified atom stereocenters. The average molecular weight is 336 g/mol. The van der Waals surface area contributed by atoms with Crippen molar-refractivity contribution in [1.29, 1.82) is 0 Å². The van der Waals surface area contributed by atoms with Crippen LogP contribution in [-0.2, 0) is 6.54 Å². The maximum Gasteiger partial charge on any atom is 0.442 e. The number of rotatable bonds is 4. The molecule has 0 N–H and O–H groups in total. The topological polar surface area (TPSA) is 113 Å². The summed E-state index contributed by atoms with van der Waals surface area (Å²) in [6.45, 7) is 1.99. The van der Waals surface area contributed by atoms with E-state index < -0.39 is 5.76 Å². The van der Waals surface area contributed by atoms with Gasteiger partial charge in [0, 0.05) is 18.0 Å². The van der Waals surface area contributed by atoms with Crippen molar-refractivity contribution in [2.45, 2.75) is 13.5 Å². The fourth-order valence-electron chi connectivity index (χ4n) is 2.34. The molecule has 0 spiro atoms. The van der Waals surface area contributed by atoms with Gasteiger partial charge in [-0.05, 0) is 19.1 Å². The van der Waals surface area contributed by atoms with E-state index in [1.54, 1.807) is 18.5 Å². The lowest BCUT2D eigenvalue weighted by Gasteiger charge is -1.99. The van der Waals surface area contributed by atoms with Crippen molar-refractivity contribution in [2.24, 2.45) is 0 Å². The molecule has 9 heteroatoms. The number of benzene rings is 1. The second-order valence-electron chi connectivity index (χ2n) is 5.31. The first kappa shape index (κ1) is 14.9. The molecule has 0 aliphatic carbocycles. The first-order valence-electron chi connectivity index (χ1n) is 7.44. The molecule has 0 aliphatic heterocycles. The van der Waals surface area contributed by atoms with Crippen molar-refractivity contribution < 1.29 is 9.05 Å². The minimum Gasteiger partial charge on any atom is -0.337 e. The molecule has 25 heavy (non-hydrogen) atoms. The van der Waals surface area contributed by atoms with Gasteiger partial charge in [0.05, 0.1) is 0 Å². The van der Waals surface area contributed by atoms with E-state index in [1.165, 1.54) is 4.57 Å². The smallest absolute Gasteiger partial charge is 0.337 e. The van der Waals surface area contributed by atoms with Gasteiger partial charge in [0.15, 0.2) is 5.82 Å². The van der Waals surface area contributed by atoms with Crippen LogP contribution in [0.2, 0.25) is 0 Å². The highest BCUT2D eigenvalue weighted by Gasteiger charge is 2.18. The summed E-state index contributed by atoms with van der Waals surface area (Å²) >= 11 is 0. The van der Waals surface area contributed by atoms with Gasteiger partial charge < -0.3 is 4.52 Å². The van der Waals surface area contributed by atoms with Crippen molar-refractivity contribution in [3.63, 3.8) is 0 Å². The summed E-state index contributed by atoms with van der Waals surface area (Å²) in [6, 6.07) is 9.39. The summed E-state index contributed by atoms with van der Waals surface area (Å²) in [7, 11) is 0. The predicted molar refractivity (Wildman–Crippen MR) is 85.4 cm³/mol. The van der Waals surface area contributed by atoms with E-state index in [1.807, 2.05) is 31.2 Å². The standard InChI is InChI=1S/C16H12N6O3/c1-10-4-2-5-11(8-10)13-19-12(24-20-13)9-22-15(21-25-16(22)23)14-17-6-3-7-18-14/h2-8H,9H2,1H3. The second-order valence-corrected chi connectivity index (χ2v) is 5.31. The zero-order valence-electron chi connectivity index (χ0n) is 13.2. The lowest BCUT2D eigenvalue weighted by molar-refractivity contribution is 0.354. The van der Waals surface area contributed by atoms with Crippen molar-refractivity contribution in [3.8, 4) is 23.0 Å². The largest absolute Gasteiger partial charge is 0.442 e. The van der Waals surface area contributed by atoms with Gasteiger partial charge in [0.2, 0.25) is 17.5 Å². The number of hydrogen-bond donors (Lipinski definition) is 0. The Morgan fingerprint density at radius 2 is 1.88 bits per heavy atom. The summed E-state index contributed by atoms with van der Waals surface area (Å²) in [5.74, 6) is 0.505. The molecule has 3 heterocycles. The molecular formula is C16H12N6O3. The summed E-state index contributed by atoms with van der Waals surface area (Å²) in [5, 5.41) is 7.68. The van der Waals surface area contributed by atoms with Gasteiger partial charge in [-0.15, -0.1) is 0 Å². The molecule has 0 radical (unpaired) electrons. The predicted octanol–water partition coefficient (Wildman–Crippen LogP) is 1.70. The second kappa shape index (κ2) is 6.11. The van der Waals surface area contributed by atoms with Gasteiger partial charge in [0.25, 0.3) is 0 Å². The molecule has 9 nitrogen and oxygen atoms in total. The summed E-state index contributed by atoms with van der Waals surface area (Å²) in [6.07, 6.45) is 3.10. The fraction of sp³-hybridized carbons (Fsp3) is 0.125.